The number of aromatic nitrogens is 1. The first-order valence-electron chi connectivity index (χ1n) is 5.57. The van der Waals surface area contributed by atoms with E-state index in [-0.39, 0.29) is 5.75 Å². The van der Waals surface area contributed by atoms with Crippen LogP contribution in [0.4, 0.5) is 4.39 Å². The molecule has 0 spiro atoms. The molecule has 0 saturated carbocycles. The molecule has 94 valence electrons. The molecule has 0 aliphatic rings. The molecule has 1 heterocycles. The van der Waals surface area contributed by atoms with Crippen LogP contribution in [0.3, 0.4) is 0 Å². The number of hydrogen-bond donors (Lipinski definition) is 0. The first kappa shape index (κ1) is 12.8. The molecule has 0 fully saturated rings. The molecule has 0 unspecified atom stereocenters. The van der Waals surface area contributed by atoms with Gasteiger partial charge >= 0.3 is 0 Å². The SMILES string of the molecule is Cc1cncc(COc2ccc(CCl)cc2F)c1. The number of pyridine rings is 1. The number of benzene rings is 1. The topological polar surface area (TPSA) is 22.1 Å². The van der Waals surface area contributed by atoms with Gasteiger partial charge in [0.25, 0.3) is 0 Å². The zero-order valence-corrected chi connectivity index (χ0v) is 10.7. The number of rotatable bonds is 4. The van der Waals surface area contributed by atoms with Crippen molar-refractivity contribution in [2.24, 2.45) is 0 Å². The maximum absolute atomic E-state index is 13.6. The van der Waals surface area contributed by atoms with Gasteiger partial charge in [0.1, 0.15) is 6.61 Å². The lowest BCUT2D eigenvalue weighted by atomic mass is 10.2. The van der Waals surface area contributed by atoms with E-state index >= 15 is 0 Å². The van der Waals surface area contributed by atoms with Crippen LogP contribution >= 0.6 is 11.6 Å². The van der Waals surface area contributed by atoms with E-state index in [4.69, 9.17) is 16.3 Å². The minimum absolute atomic E-state index is 0.227. The van der Waals surface area contributed by atoms with Gasteiger partial charge in [0, 0.05) is 23.8 Å². The Labute approximate surface area is 110 Å². The second-order valence-corrected chi connectivity index (χ2v) is 4.32. The van der Waals surface area contributed by atoms with Crippen LogP contribution in [0, 0.1) is 12.7 Å². The Hall–Kier alpha value is -1.61. The van der Waals surface area contributed by atoms with E-state index in [1.807, 2.05) is 13.0 Å². The summed E-state index contributed by atoms with van der Waals surface area (Å²) in [6.45, 7) is 2.25. The molecule has 2 nitrogen and oxygen atoms in total. The van der Waals surface area contributed by atoms with Gasteiger partial charge in [-0.2, -0.15) is 0 Å². The lowest BCUT2D eigenvalue weighted by molar-refractivity contribution is 0.289. The number of halogens is 2. The molecule has 2 rings (SSSR count). The molecule has 0 amide bonds. The first-order chi connectivity index (χ1) is 8.69. The van der Waals surface area contributed by atoms with Crippen molar-refractivity contribution in [2.75, 3.05) is 0 Å². The standard InChI is InChI=1S/C14H13ClFNO/c1-10-4-12(8-17-7-10)9-18-14-3-2-11(6-15)5-13(14)16/h2-5,7-8H,6,9H2,1H3. The molecule has 0 N–H and O–H groups in total. The van der Waals surface area contributed by atoms with Crippen molar-refractivity contribution in [3.63, 3.8) is 0 Å². The quantitative estimate of drug-likeness (QED) is 0.784. The number of nitrogens with zero attached hydrogens (tertiary/aromatic N) is 1. The second kappa shape index (κ2) is 5.83. The van der Waals surface area contributed by atoms with Crippen LogP contribution in [0.2, 0.25) is 0 Å². The van der Waals surface area contributed by atoms with E-state index in [0.29, 0.717) is 12.5 Å². The molecule has 0 atom stereocenters. The van der Waals surface area contributed by atoms with Gasteiger partial charge in [-0.25, -0.2) is 4.39 Å². The van der Waals surface area contributed by atoms with Gasteiger partial charge in [0.15, 0.2) is 11.6 Å². The van der Waals surface area contributed by atoms with Crippen LogP contribution in [0.15, 0.2) is 36.7 Å². The molecule has 18 heavy (non-hydrogen) atoms. The van der Waals surface area contributed by atoms with Gasteiger partial charge in [-0.15, -0.1) is 11.6 Å². The summed E-state index contributed by atoms with van der Waals surface area (Å²) in [5, 5.41) is 0. The second-order valence-electron chi connectivity index (χ2n) is 4.06. The van der Waals surface area contributed by atoms with E-state index in [2.05, 4.69) is 4.98 Å². The molecule has 1 aromatic carbocycles. The van der Waals surface area contributed by atoms with Gasteiger partial charge in [-0.1, -0.05) is 6.07 Å². The molecular weight excluding hydrogens is 253 g/mol. The van der Waals surface area contributed by atoms with Gasteiger partial charge in [-0.3, -0.25) is 4.98 Å². The predicted octanol–water partition coefficient (Wildman–Crippen LogP) is 3.85. The summed E-state index contributed by atoms with van der Waals surface area (Å²) in [5.41, 5.74) is 2.70. The van der Waals surface area contributed by atoms with Crippen LogP contribution in [0.5, 0.6) is 5.75 Å². The highest BCUT2D eigenvalue weighted by Crippen LogP contribution is 2.20. The summed E-state index contributed by atoms with van der Waals surface area (Å²) in [5.74, 6) is 0.123. The smallest absolute Gasteiger partial charge is 0.165 e. The Bertz CT molecular complexity index is 545. The van der Waals surface area contributed by atoms with E-state index < -0.39 is 5.82 Å². The van der Waals surface area contributed by atoms with Crippen molar-refractivity contribution in [3.05, 3.63) is 59.2 Å². The Morgan fingerprint density at radius 1 is 1.22 bits per heavy atom. The highest BCUT2D eigenvalue weighted by molar-refractivity contribution is 6.17. The lowest BCUT2D eigenvalue weighted by Gasteiger charge is -2.08. The van der Waals surface area contributed by atoms with Crippen molar-refractivity contribution in [1.82, 2.24) is 4.98 Å². The van der Waals surface area contributed by atoms with E-state index in [1.54, 1.807) is 24.5 Å². The molecule has 1 aromatic heterocycles. The van der Waals surface area contributed by atoms with Crippen molar-refractivity contribution in [2.45, 2.75) is 19.4 Å². The third-order valence-corrected chi connectivity index (χ3v) is 2.79. The summed E-state index contributed by atoms with van der Waals surface area (Å²) in [7, 11) is 0. The van der Waals surface area contributed by atoms with Crippen LogP contribution in [-0.4, -0.2) is 4.98 Å². The number of aryl methyl sites for hydroxylation is 1. The Morgan fingerprint density at radius 3 is 2.72 bits per heavy atom. The number of hydrogen-bond acceptors (Lipinski definition) is 2. The molecule has 0 bridgehead atoms. The van der Waals surface area contributed by atoms with Crippen LogP contribution < -0.4 is 4.74 Å². The maximum atomic E-state index is 13.6. The van der Waals surface area contributed by atoms with E-state index in [1.165, 1.54) is 6.07 Å². The number of alkyl halides is 1. The van der Waals surface area contributed by atoms with Crippen molar-refractivity contribution in [1.29, 1.82) is 0 Å². The Morgan fingerprint density at radius 2 is 2.06 bits per heavy atom. The minimum Gasteiger partial charge on any atom is -0.486 e. The Balaban J connectivity index is 2.06. The van der Waals surface area contributed by atoms with Crippen molar-refractivity contribution < 1.29 is 9.13 Å². The molecule has 2 aromatic rings. The average Bonchev–Trinajstić information content (AvgIpc) is 2.37. The summed E-state index contributed by atoms with van der Waals surface area (Å²) < 4.78 is 19.0. The van der Waals surface area contributed by atoms with Crippen molar-refractivity contribution >= 4 is 11.6 Å². The van der Waals surface area contributed by atoms with Crippen LogP contribution in [0.1, 0.15) is 16.7 Å². The molecule has 0 aliphatic carbocycles. The number of ether oxygens (including phenoxy) is 1. The van der Waals surface area contributed by atoms with Gasteiger partial charge in [0.2, 0.25) is 0 Å². The minimum atomic E-state index is -0.395. The molecule has 0 radical (unpaired) electrons. The van der Waals surface area contributed by atoms with E-state index in [0.717, 1.165) is 16.7 Å². The third-order valence-electron chi connectivity index (χ3n) is 2.48. The maximum Gasteiger partial charge on any atom is 0.165 e. The summed E-state index contributed by atoms with van der Waals surface area (Å²) >= 11 is 5.63. The van der Waals surface area contributed by atoms with E-state index in [9.17, 15) is 4.39 Å². The Kier molecular flexibility index (Phi) is 4.15. The van der Waals surface area contributed by atoms with Crippen LogP contribution in [0.25, 0.3) is 0 Å². The zero-order chi connectivity index (χ0) is 13.0. The fourth-order valence-corrected chi connectivity index (χ4v) is 1.77. The molecular formula is C14H13ClFNO. The van der Waals surface area contributed by atoms with Gasteiger partial charge in [0.05, 0.1) is 0 Å². The largest absolute Gasteiger partial charge is 0.486 e. The van der Waals surface area contributed by atoms with Crippen LogP contribution in [-0.2, 0) is 12.5 Å². The zero-order valence-electron chi connectivity index (χ0n) is 9.99. The summed E-state index contributed by atoms with van der Waals surface area (Å²) in [4.78, 5) is 4.06. The third kappa shape index (κ3) is 3.20. The molecule has 0 aliphatic heterocycles. The fourth-order valence-electron chi connectivity index (χ4n) is 1.60. The average molecular weight is 266 g/mol. The lowest BCUT2D eigenvalue weighted by Crippen LogP contribution is -1.99. The predicted molar refractivity (Wildman–Crippen MR) is 69.3 cm³/mol. The fraction of sp³-hybridized carbons (Fsp3) is 0.214. The normalized spacial score (nSPS) is 10.4. The molecule has 0 saturated heterocycles. The monoisotopic (exact) mass is 265 g/mol. The summed E-state index contributed by atoms with van der Waals surface area (Å²) in [6.07, 6.45) is 3.47. The van der Waals surface area contributed by atoms with Crippen molar-refractivity contribution in [3.8, 4) is 5.75 Å². The molecule has 4 heteroatoms. The van der Waals surface area contributed by atoms with Gasteiger partial charge in [-0.05, 0) is 36.2 Å². The highest BCUT2D eigenvalue weighted by atomic mass is 35.5. The highest BCUT2D eigenvalue weighted by Gasteiger charge is 2.05. The first-order valence-corrected chi connectivity index (χ1v) is 6.10. The van der Waals surface area contributed by atoms with Gasteiger partial charge < -0.3 is 4.74 Å². The summed E-state index contributed by atoms with van der Waals surface area (Å²) in [6, 6.07) is 6.69.